The topological polar surface area (TPSA) is 25.8 Å². The lowest BCUT2D eigenvalue weighted by atomic mass is 9.97. The minimum Gasteiger partial charge on any atom is -0.236 e. The van der Waals surface area contributed by atoms with Crippen molar-refractivity contribution < 1.29 is 0 Å². The van der Waals surface area contributed by atoms with Crippen LogP contribution in [-0.4, -0.2) is 9.97 Å². The highest BCUT2D eigenvalue weighted by Gasteiger charge is 2.16. The van der Waals surface area contributed by atoms with E-state index < -0.39 is 0 Å². The highest BCUT2D eigenvalue weighted by Crippen LogP contribution is 2.28. The van der Waals surface area contributed by atoms with E-state index >= 15 is 0 Å². The number of nitrogens with zero attached hydrogens (tertiary/aromatic N) is 2. The van der Waals surface area contributed by atoms with Crippen LogP contribution in [0.4, 0.5) is 0 Å². The van der Waals surface area contributed by atoms with Gasteiger partial charge in [-0.3, -0.25) is 0 Å². The van der Waals surface area contributed by atoms with Gasteiger partial charge in [0.25, 0.3) is 0 Å². The summed E-state index contributed by atoms with van der Waals surface area (Å²) in [5, 5.41) is 0.518. The zero-order valence-electron chi connectivity index (χ0n) is 9.51. The average molecular weight is 292 g/mol. The summed E-state index contributed by atoms with van der Waals surface area (Å²) in [4.78, 5) is 8.84. The van der Waals surface area contributed by atoms with Gasteiger partial charge in [-0.05, 0) is 28.3 Å². The molecule has 0 aliphatic rings. The summed E-state index contributed by atoms with van der Waals surface area (Å²) >= 11 is 9.45. The molecule has 0 bridgehead atoms. The maximum atomic E-state index is 6.05. The van der Waals surface area contributed by atoms with Crippen molar-refractivity contribution in [2.24, 2.45) is 5.92 Å². The third-order valence-electron chi connectivity index (χ3n) is 2.64. The minimum absolute atomic E-state index is 0.334. The summed E-state index contributed by atoms with van der Waals surface area (Å²) in [5.74, 6) is 1.70. The Labute approximate surface area is 105 Å². The first-order valence-electron chi connectivity index (χ1n) is 5.19. The molecule has 0 spiro atoms. The highest BCUT2D eigenvalue weighted by molar-refractivity contribution is 9.10. The summed E-state index contributed by atoms with van der Waals surface area (Å²) in [7, 11) is 0. The normalized spacial score (nSPS) is 13.3. The van der Waals surface area contributed by atoms with Crippen LogP contribution < -0.4 is 0 Å². The van der Waals surface area contributed by atoms with Crippen molar-refractivity contribution in [3.05, 3.63) is 21.1 Å². The van der Waals surface area contributed by atoms with E-state index in [1.165, 1.54) is 0 Å². The van der Waals surface area contributed by atoms with Gasteiger partial charge >= 0.3 is 0 Å². The third-order valence-corrected chi connectivity index (χ3v) is 3.97. The highest BCUT2D eigenvalue weighted by atomic mass is 79.9. The SMILES string of the molecule is CCc1nc(C(C)C(C)C)nc(Cl)c1Br. The molecule has 15 heavy (non-hydrogen) atoms. The maximum Gasteiger partial charge on any atom is 0.147 e. The second-order valence-electron chi connectivity index (χ2n) is 4.02. The Kier molecular flexibility index (Phi) is 4.53. The van der Waals surface area contributed by atoms with Crippen molar-refractivity contribution in [2.75, 3.05) is 0 Å². The van der Waals surface area contributed by atoms with E-state index in [0.717, 1.165) is 22.4 Å². The van der Waals surface area contributed by atoms with Crippen LogP contribution in [0.25, 0.3) is 0 Å². The van der Waals surface area contributed by atoms with Crippen LogP contribution in [0, 0.1) is 5.92 Å². The average Bonchev–Trinajstić information content (AvgIpc) is 2.20. The Balaban J connectivity index is 3.16. The smallest absolute Gasteiger partial charge is 0.147 e. The van der Waals surface area contributed by atoms with Gasteiger partial charge in [0.1, 0.15) is 11.0 Å². The molecule has 0 saturated carbocycles. The first-order valence-corrected chi connectivity index (χ1v) is 6.36. The van der Waals surface area contributed by atoms with E-state index in [9.17, 15) is 0 Å². The predicted molar refractivity (Wildman–Crippen MR) is 67.4 cm³/mol. The van der Waals surface area contributed by atoms with Crippen molar-refractivity contribution >= 4 is 27.5 Å². The molecule has 0 aliphatic carbocycles. The van der Waals surface area contributed by atoms with Gasteiger partial charge in [-0.25, -0.2) is 9.97 Å². The molecule has 4 heteroatoms. The first-order chi connectivity index (χ1) is 6.97. The number of hydrogen-bond donors (Lipinski definition) is 0. The zero-order chi connectivity index (χ0) is 11.6. The predicted octanol–water partition coefficient (Wildman–Crippen LogP) is 4.21. The van der Waals surface area contributed by atoms with E-state index in [4.69, 9.17) is 11.6 Å². The molecule has 84 valence electrons. The van der Waals surface area contributed by atoms with Crippen molar-refractivity contribution in [1.29, 1.82) is 0 Å². The largest absolute Gasteiger partial charge is 0.236 e. The quantitative estimate of drug-likeness (QED) is 0.780. The van der Waals surface area contributed by atoms with Crippen LogP contribution in [0.15, 0.2) is 4.47 Å². The van der Waals surface area contributed by atoms with Gasteiger partial charge in [0.2, 0.25) is 0 Å². The molecule has 1 rings (SSSR count). The molecular formula is C11H16BrClN2. The van der Waals surface area contributed by atoms with Crippen LogP contribution in [0.5, 0.6) is 0 Å². The molecule has 1 heterocycles. The van der Waals surface area contributed by atoms with Crippen molar-refractivity contribution in [3.8, 4) is 0 Å². The van der Waals surface area contributed by atoms with Crippen LogP contribution in [-0.2, 0) is 6.42 Å². The van der Waals surface area contributed by atoms with E-state index in [2.05, 4.69) is 53.6 Å². The van der Waals surface area contributed by atoms with E-state index in [1.54, 1.807) is 0 Å². The summed E-state index contributed by atoms with van der Waals surface area (Å²) in [5.41, 5.74) is 0.984. The van der Waals surface area contributed by atoms with Gasteiger partial charge in [0.05, 0.1) is 10.2 Å². The molecule has 2 nitrogen and oxygen atoms in total. The fourth-order valence-electron chi connectivity index (χ4n) is 1.22. The van der Waals surface area contributed by atoms with Gasteiger partial charge in [-0.15, -0.1) is 0 Å². The summed E-state index contributed by atoms with van der Waals surface area (Å²) in [6.07, 6.45) is 0.862. The molecule has 0 N–H and O–H groups in total. The fraction of sp³-hybridized carbons (Fsp3) is 0.636. The first kappa shape index (κ1) is 12.9. The second-order valence-corrected chi connectivity index (χ2v) is 5.17. The molecule has 0 fully saturated rings. The Hall–Kier alpha value is -0.150. The zero-order valence-corrected chi connectivity index (χ0v) is 11.9. The Morgan fingerprint density at radius 3 is 2.33 bits per heavy atom. The molecule has 1 unspecified atom stereocenters. The third kappa shape index (κ3) is 2.91. The lowest BCUT2D eigenvalue weighted by Crippen LogP contribution is -2.09. The van der Waals surface area contributed by atoms with E-state index in [0.29, 0.717) is 17.0 Å². The van der Waals surface area contributed by atoms with Crippen molar-refractivity contribution in [3.63, 3.8) is 0 Å². The van der Waals surface area contributed by atoms with Gasteiger partial charge in [-0.2, -0.15) is 0 Å². The number of rotatable bonds is 3. The standard InChI is InChI=1S/C11H16BrClN2/c1-5-8-9(12)10(13)15-11(14-8)7(4)6(2)3/h6-7H,5H2,1-4H3. The number of aromatic nitrogens is 2. The van der Waals surface area contributed by atoms with Crippen LogP contribution in [0.2, 0.25) is 5.15 Å². The Morgan fingerprint density at radius 1 is 1.27 bits per heavy atom. The van der Waals surface area contributed by atoms with E-state index in [-0.39, 0.29) is 0 Å². The van der Waals surface area contributed by atoms with Crippen LogP contribution in [0.1, 0.15) is 45.1 Å². The lowest BCUT2D eigenvalue weighted by molar-refractivity contribution is 0.508. The van der Waals surface area contributed by atoms with Crippen LogP contribution in [0.3, 0.4) is 0 Å². The molecule has 1 aromatic rings. The molecule has 0 radical (unpaired) electrons. The van der Waals surface area contributed by atoms with Crippen LogP contribution >= 0.6 is 27.5 Å². The minimum atomic E-state index is 0.334. The number of halogens is 2. The molecule has 0 amide bonds. The Morgan fingerprint density at radius 2 is 1.87 bits per heavy atom. The Bertz CT molecular complexity index is 353. The summed E-state index contributed by atoms with van der Waals surface area (Å²) < 4.78 is 0.825. The van der Waals surface area contributed by atoms with Gasteiger partial charge in [0.15, 0.2) is 0 Å². The summed E-state index contributed by atoms with van der Waals surface area (Å²) in [6.45, 7) is 8.52. The molecular weight excluding hydrogens is 275 g/mol. The van der Waals surface area contributed by atoms with Gasteiger partial charge in [0, 0.05) is 5.92 Å². The van der Waals surface area contributed by atoms with E-state index in [1.807, 2.05) is 0 Å². The number of aryl methyl sites for hydroxylation is 1. The van der Waals surface area contributed by atoms with Gasteiger partial charge < -0.3 is 0 Å². The van der Waals surface area contributed by atoms with Crippen molar-refractivity contribution in [1.82, 2.24) is 9.97 Å². The molecule has 0 aliphatic heterocycles. The molecule has 0 saturated heterocycles. The second kappa shape index (κ2) is 5.26. The molecule has 1 atom stereocenters. The van der Waals surface area contributed by atoms with Crippen molar-refractivity contribution in [2.45, 2.75) is 40.0 Å². The van der Waals surface area contributed by atoms with Gasteiger partial charge in [-0.1, -0.05) is 39.3 Å². The monoisotopic (exact) mass is 290 g/mol. The molecule has 0 aromatic carbocycles. The maximum absolute atomic E-state index is 6.05. The fourth-order valence-corrected chi connectivity index (χ4v) is 1.87. The summed E-state index contributed by atoms with van der Waals surface area (Å²) in [6, 6.07) is 0. The lowest BCUT2D eigenvalue weighted by Gasteiger charge is -2.15. The number of hydrogen-bond acceptors (Lipinski definition) is 2. The molecule has 1 aromatic heterocycles.